The average molecular weight is 300 g/mol. The quantitative estimate of drug-likeness (QED) is 0.797. The molecule has 1 heterocycles. The molecule has 0 bridgehead atoms. The van der Waals surface area contributed by atoms with Crippen molar-refractivity contribution in [3.8, 4) is 0 Å². The molecule has 2 N–H and O–H groups in total. The van der Waals surface area contributed by atoms with E-state index in [2.05, 4.69) is 5.32 Å². The molecule has 1 unspecified atom stereocenters. The van der Waals surface area contributed by atoms with E-state index in [0.717, 1.165) is 25.7 Å². The highest BCUT2D eigenvalue weighted by Gasteiger charge is 2.38. The van der Waals surface area contributed by atoms with E-state index in [0.29, 0.717) is 11.6 Å². The Morgan fingerprint density at radius 3 is 2.55 bits per heavy atom. The molecule has 2 rings (SSSR count). The highest BCUT2D eigenvalue weighted by atomic mass is 32.2. The number of aliphatic carboxylic acids is 1. The number of amides is 2. The van der Waals surface area contributed by atoms with Gasteiger partial charge in [0.15, 0.2) is 0 Å². The van der Waals surface area contributed by atoms with Gasteiger partial charge in [-0.2, -0.15) is 0 Å². The van der Waals surface area contributed by atoms with Crippen LogP contribution in [0.25, 0.3) is 0 Å². The molecule has 0 spiro atoms. The van der Waals surface area contributed by atoms with E-state index in [1.165, 1.54) is 18.7 Å². The molecule has 0 radical (unpaired) electrons. The van der Waals surface area contributed by atoms with Crippen molar-refractivity contribution >= 4 is 29.5 Å². The lowest BCUT2D eigenvalue weighted by Crippen LogP contribution is -2.51. The Morgan fingerprint density at radius 2 is 1.95 bits per heavy atom. The molecule has 0 aromatic rings. The van der Waals surface area contributed by atoms with Crippen molar-refractivity contribution in [1.29, 1.82) is 0 Å². The van der Waals surface area contributed by atoms with Gasteiger partial charge >= 0.3 is 5.97 Å². The number of carboxylic acids is 1. The molecule has 1 saturated carbocycles. The van der Waals surface area contributed by atoms with Gasteiger partial charge in [0.25, 0.3) is 0 Å². The first-order chi connectivity index (χ1) is 9.50. The van der Waals surface area contributed by atoms with Gasteiger partial charge in [-0.05, 0) is 19.8 Å². The standard InChI is InChI=1S/C13H20N2O4S/c1-8(13(18)19)14-11(16)10-6-20-7-15(10)12(17)9-4-2-3-5-9/h8-10H,2-7H2,1H3,(H,14,16)(H,18,19)/t8-,10?/m1/s1. The molecule has 2 fully saturated rings. The van der Waals surface area contributed by atoms with Crippen LogP contribution in [0.15, 0.2) is 0 Å². The molecule has 1 aliphatic carbocycles. The number of nitrogens with one attached hydrogen (secondary N) is 1. The van der Waals surface area contributed by atoms with E-state index in [1.54, 1.807) is 4.90 Å². The summed E-state index contributed by atoms with van der Waals surface area (Å²) in [5.74, 6) is -0.281. The summed E-state index contributed by atoms with van der Waals surface area (Å²) in [6.45, 7) is 1.42. The lowest BCUT2D eigenvalue weighted by molar-refractivity contribution is -0.144. The van der Waals surface area contributed by atoms with E-state index in [-0.39, 0.29) is 17.7 Å². The monoisotopic (exact) mass is 300 g/mol. The Morgan fingerprint density at radius 1 is 1.30 bits per heavy atom. The number of nitrogens with zero attached hydrogens (tertiary/aromatic N) is 1. The van der Waals surface area contributed by atoms with E-state index in [9.17, 15) is 14.4 Å². The molecule has 0 aromatic heterocycles. The van der Waals surface area contributed by atoms with Gasteiger partial charge < -0.3 is 15.3 Å². The molecule has 2 aliphatic rings. The van der Waals surface area contributed by atoms with Crippen LogP contribution in [0.5, 0.6) is 0 Å². The topological polar surface area (TPSA) is 86.7 Å². The van der Waals surface area contributed by atoms with Gasteiger partial charge in [-0.1, -0.05) is 12.8 Å². The molecule has 1 saturated heterocycles. The molecule has 20 heavy (non-hydrogen) atoms. The highest BCUT2D eigenvalue weighted by Crippen LogP contribution is 2.30. The van der Waals surface area contributed by atoms with Crippen molar-refractivity contribution in [2.45, 2.75) is 44.7 Å². The van der Waals surface area contributed by atoms with Crippen molar-refractivity contribution in [1.82, 2.24) is 10.2 Å². The van der Waals surface area contributed by atoms with Gasteiger partial charge in [0.1, 0.15) is 12.1 Å². The largest absolute Gasteiger partial charge is 0.480 e. The summed E-state index contributed by atoms with van der Waals surface area (Å²) >= 11 is 1.54. The molecule has 112 valence electrons. The third kappa shape index (κ3) is 3.26. The second-order valence-electron chi connectivity index (χ2n) is 5.37. The van der Waals surface area contributed by atoms with Crippen LogP contribution in [0.1, 0.15) is 32.6 Å². The smallest absolute Gasteiger partial charge is 0.325 e. The first-order valence-corrected chi connectivity index (χ1v) is 8.07. The summed E-state index contributed by atoms with van der Waals surface area (Å²) in [5, 5.41) is 11.3. The number of carbonyl (C=O) groups is 3. The first kappa shape index (κ1) is 15.2. The number of rotatable bonds is 4. The number of carboxylic acid groups (broad SMARTS) is 1. The van der Waals surface area contributed by atoms with Gasteiger partial charge in [0.05, 0.1) is 5.88 Å². The Kier molecular flexibility index (Phi) is 4.91. The van der Waals surface area contributed by atoms with Gasteiger partial charge in [0.2, 0.25) is 11.8 Å². The van der Waals surface area contributed by atoms with Crippen LogP contribution < -0.4 is 5.32 Å². The van der Waals surface area contributed by atoms with E-state index in [1.807, 2.05) is 0 Å². The predicted molar refractivity (Wildman–Crippen MR) is 75.2 cm³/mol. The molecule has 7 heteroatoms. The fourth-order valence-corrected chi connectivity index (χ4v) is 3.82. The second-order valence-corrected chi connectivity index (χ2v) is 6.37. The number of hydrogen-bond acceptors (Lipinski definition) is 4. The van der Waals surface area contributed by atoms with E-state index >= 15 is 0 Å². The minimum atomic E-state index is -1.07. The van der Waals surface area contributed by atoms with Crippen molar-refractivity contribution in [2.75, 3.05) is 11.6 Å². The van der Waals surface area contributed by atoms with Crippen molar-refractivity contribution in [2.24, 2.45) is 5.92 Å². The third-order valence-electron chi connectivity index (χ3n) is 3.90. The summed E-state index contributed by atoms with van der Waals surface area (Å²) in [6, 6.07) is -1.47. The normalized spacial score (nSPS) is 24.6. The minimum absolute atomic E-state index is 0.0425. The van der Waals surface area contributed by atoms with Gasteiger partial charge in [0, 0.05) is 11.7 Å². The summed E-state index contributed by atoms with van der Waals surface area (Å²) in [6.07, 6.45) is 3.95. The number of carbonyl (C=O) groups excluding carboxylic acids is 2. The lowest BCUT2D eigenvalue weighted by atomic mass is 10.1. The Bertz CT molecular complexity index is 409. The number of thioether (sulfide) groups is 1. The summed E-state index contributed by atoms with van der Waals surface area (Å²) in [7, 11) is 0. The zero-order valence-corrected chi connectivity index (χ0v) is 12.3. The lowest BCUT2D eigenvalue weighted by Gasteiger charge is -2.26. The Labute approximate surface area is 122 Å². The zero-order valence-electron chi connectivity index (χ0n) is 11.5. The van der Waals surface area contributed by atoms with Crippen LogP contribution in [0.2, 0.25) is 0 Å². The number of hydrogen-bond donors (Lipinski definition) is 2. The maximum Gasteiger partial charge on any atom is 0.325 e. The van der Waals surface area contributed by atoms with Crippen molar-refractivity contribution in [3.63, 3.8) is 0 Å². The SMILES string of the molecule is C[C@@H](NC(=O)C1CSCN1C(=O)C1CCCC1)C(=O)O. The van der Waals surface area contributed by atoms with Crippen molar-refractivity contribution in [3.05, 3.63) is 0 Å². The summed E-state index contributed by atoms with van der Waals surface area (Å²) in [4.78, 5) is 36.9. The zero-order chi connectivity index (χ0) is 14.7. The summed E-state index contributed by atoms with van der Waals surface area (Å²) < 4.78 is 0. The second kappa shape index (κ2) is 6.47. The van der Waals surface area contributed by atoms with Crippen LogP contribution in [0, 0.1) is 5.92 Å². The molecule has 0 aromatic carbocycles. The molecular weight excluding hydrogens is 280 g/mol. The molecule has 2 amide bonds. The molecule has 1 aliphatic heterocycles. The third-order valence-corrected chi connectivity index (χ3v) is 4.91. The van der Waals surface area contributed by atoms with Crippen LogP contribution in [-0.2, 0) is 14.4 Å². The van der Waals surface area contributed by atoms with Crippen LogP contribution in [0.3, 0.4) is 0 Å². The maximum absolute atomic E-state index is 12.4. The highest BCUT2D eigenvalue weighted by molar-refractivity contribution is 7.99. The van der Waals surface area contributed by atoms with Gasteiger partial charge in [-0.25, -0.2) is 0 Å². The van der Waals surface area contributed by atoms with Crippen molar-refractivity contribution < 1.29 is 19.5 Å². The van der Waals surface area contributed by atoms with Crippen LogP contribution in [-0.4, -0.2) is 51.5 Å². The van der Waals surface area contributed by atoms with Crippen LogP contribution >= 0.6 is 11.8 Å². The maximum atomic E-state index is 12.4. The first-order valence-electron chi connectivity index (χ1n) is 6.92. The Hall–Kier alpha value is -1.24. The van der Waals surface area contributed by atoms with Crippen LogP contribution in [0.4, 0.5) is 0 Å². The fourth-order valence-electron chi connectivity index (χ4n) is 2.66. The predicted octanol–water partition coefficient (Wildman–Crippen LogP) is 0.667. The molecule has 6 nitrogen and oxygen atoms in total. The summed E-state index contributed by atoms with van der Waals surface area (Å²) in [5.41, 5.74) is 0. The van der Waals surface area contributed by atoms with Gasteiger partial charge in [-0.15, -0.1) is 11.8 Å². The fraction of sp³-hybridized carbons (Fsp3) is 0.769. The average Bonchev–Trinajstić information content (AvgIpc) is 3.08. The van der Waals surface area contributed by atoms with E-state index in [4.69, 9.17) is 5.11 Å². The van der Waals surface area contributed by atoms with E-state index < -0.39 is 18.1 Å². The Balaban J connectivity index is 1.97. The minimum Gasteiger partial charge on any atom is -0.480 e. The molecule has 2 atom stereocenters. The molecular formula is C13H20N2O4S. The van der Waals surface area contributed by atoms with Gasteiger partial charge in [-0.3, -0.25) is 14.4 Å².